The molecule has 0 aliphatic heterocycles. The fourth-order valence-corrected chi connectivity index (χ4v) is 2.40. The van der Waals surface area contributed by atoms with Crippen molar-refractivity contribution in [2.45, 2.75) is 53.5 Å². The monoisotopic (exact) mass is 293 g/mol. The van der Waals surface area contributed by atoms with Crippen LogP contribution in [0.2, 0.25) is 0 Å². The van der Waals surface area contributed by atoms with Crippen molar-refractivity contribution < 1.29 is 9.47 Å². The SMILES string of the molecule is CCNC(CCCOc1ccccc1OCC)C(C)(C)C. The van der Waals surface area contributed by atoms with Crippen LogP contribution in [0, 0.1) is 5.41 Å². The number of hydrogen-bond donors (Lipinski definition) is 1. The van der Waals surface area contributed by atoms with E-state index in [1.54, 1.807) is 0 Å². The molecule has 0 aliphatic carbocycles. The van der Waals surface area contributed by atoms with E-state index in [4.69, 9.17) is 9.47 Å². The Balaban J connectivity index is 2.43. The summed E-state index contributed by atoms with van der Waals surface area (Å²) < 4.78 is 11.4. The summed E-state index contributed by atoms with van der Waals surface area (Å²) in [7, 11) is 0. The molecule has 1 N–H and O–H groups in total. The zero-order chi connectivity index (χ0) is 15.7. The molecule has 3 heteroatoms. The number of para-hydroxylation sites is 2. The van der Waals surface area contributed by atoms with Crippen LogP contribution in [-0.4, -0.2) is 25.8 Å². The molecule has 0 spiro atoms. The molecule has 0 bridgehead atoms. The van der Waals surface area contributed by atoms with Crippen molar-refractivity contribution in [2.75, 3.05) is 19.8 Å². The molecule has 0 saturated heterocycles. The second kappa shape index (κ2) is 8.93. The van der Waals surface area contributed by atoms with Gasteiger partial charge in [-0.05, 0) is 43.9 Å². The highest BCUT2D eigenvalue weighted by molar-refractivity contribution is 5.39. The first-order chi connectivity index (χ1) is 9.99. The molecule has 0 heterocycles. The fraction of sp³-hybridized carbons (Fsp3) is 0.667. The van der Waals surface area contributed by atoms with Gasteiger partial charge in [-0.25, -0.2) is 0 Å². The van der Waals surface area contributed by atoms with Crippen molar-refractivity contribution in [3.8, 4) is 11.5 Å². The van der Waals surface area contributed by atoms with E-state index >= 15 is 0 Å². The zero-order valence-corrected chi connectivity index (χ0v) is 14.2. The lowest BCUT2D eigenvalue weighted by Crippen LogP contribution is -2.40. The van der Waals surface area contributed by atoms with Gasteiger partial charge in [0, 0.05) is 6.04 Å². The maximum Gasteiger partial charge on any atom is 0.161 e. The van der Waals surface area contributed by atoms with Gasteiger partial charge in [0.25, 0.3) is 0 Å². The minimum atomic E-state index is 0.277. The van der Waals surface area contributed by atoms with Crippen molar-refractivity contribution in [3.63, 3.8) is 0 Å². The first kappa shape index (κ1) is 17.8. The fourth-order valence-electron chi connectivity index (χ4n) is 2.40. The zero-order valence-electron chi connectivity index (χ0n) is 14.2. The van der Waals surface area contributed by atoms with E-state index in [1.807, 2.05) is 31.2 Å². The number of nitrogens with one attached hydrogen (secondary N) is 1. The number of rotatable bonds is 9. The Kier molecular flexibility index (Phi) is 7.58. The van der Waals surface area contributed by atoms with E-state index in [0.717, 1.165) is 37.5 Å². The minimum absolute atomic E-state index is 0.277. The van der Waals surface area contributed by atoms with Gasteiger partial charge in [-0.1, -0.05) is 39.8 Å². The van der Waals surface area contributed by atoms with Gasteiger partial charge in [-0.2, -0.15) is 0 Å². The van der Waals surface area contributed by atoms with Crippen molar-refractivity contribution in [3.05, 3.63) is 24.3 Å². The molecule has 0 aliphatic rings. The summed E-state index contributed by atoms with van der Waals surface area (Å²) in [6.45, 7) is 13.4. The third kappa shape index (κ3) is 6.38. The Morgan fingerprint density at radius 1 is 1.05 bits per heavy atom. The largest absolute Gasteiger partial charge is 0.490 e. The molecule has 0 amide bonds. The van der Waals surface area contributed by atoms with Crippen LogP contribution in [0.3, 0.4) is 0 Å². The first-order valence-electron chi connectivity index (χ1n) is 8.07. The second-order valence-corrected chi connectivity index (χ2v) is 6.35. The summed E-state index contributed by atoms with van der Waals surface area (Å²) >= 11 is 0. The Labute approximate surface area is 130 Å². The van der Waals surface area contributed by atoms with E-state index in [2.05, 4.69) is 33.0 Å². The molecule has 1 unspecified atom stereocenters. The van der Waals surface area contributed by atoms with Gasteiger partial charge in [-0.3, -0.25) is 0 Å². The van der Waals surface area contributed by atoms with E-state index in [-0.39, 0.29) is 5.41 Å². The van der Waals surface area contributed by atoms with Gasteiger partial charge in [-0.15, -0.1) is 0 Å². The van der Waals surface area contributed by atoms with Crippen LogP contribution in [-0.2, 0) is 0 Å². The molecule has 3 nitrogen and oxygen atoms in total. The second-order valence-electron chi connectivity index (χ2n) is 6.35. The van der Waals surface area contributed by atoms with E-state index < -0.39 is 0 Å². The van der Waals surface area contributed by atoms with Crippen LogP contribution in [0.25, 0.3) is 0 Å². The highest BCUT2D eigenvalue weighted by Gasteiger charge is 2.22. The number of ether oxygens (including phenoxy) is 2. The molecule has 1 atom stereocenters. The first-order valence-corrected chi connectivity index (χ1v) is 8.07. The molecule has 0 fully saturated rings. The van der Waals surface area contributed by atoms with Crippen LogP contribution >= 0.6 is 0 Å². The summed E-state index contributed by atoms with van der Waals surface area (Å²) in [4.78, 5) is 0. The molecular weight excluding hydrogens is 262 g/mol. The van der Waals surface area contributed by atoms with Crippen LogP contribution < -0.4 is 14.8 Å². The molecule has 0 radical (unpaired) electrons. The van der Waals surface area contributed by atoms with E-state index in [0.29, 0.717) is 12.6 Å². The summed E-state index contributed by atoms with van der Waals surface area (Å²) in [6, 6.07) is 8.40. The normalized spacial score (nSPS) is 13.0. The van der Waals surface area contributed by atoms with Gasteiger partial charge in [0.15, 0.2) is 11.5 Å². The highest BCUT2D eigenvalue weighted by atomic mass is 16.5. The molecule has 0 aromatic heterocycles. The Morgan fingerprint density at radius 2 is 1.67 bits per heavy atom. The average Bonchev–Trinajstić information content (AvgIpc) is 2.43. The summed E-state index contributed by atoms with van der Waals surface area (Å²) in [5.41, 5.74) is 0.277. The summed E-state index contributed by atoms with van der Waals surface area (Å²) in [5.74, 6) is 1.68. The number of benzene rings is 1. The Bertz CT molecular complexity index is 398. The number of hydrogen-bond acceptors (Lipinski definition) is 3. The quantitative estimate of drug-likeness (QED) is 0.690. The predicted octanol–water partition coefficient (Wildman–Crippen LogP) is 4.27. The van der Waals surface area contributed by atoms with Crippen LogP contribution in [0.15, 0.2) is 24.3 Å². The Hall–Kier alpha value is -1.22. The van der Waals surface area contributed by atoms with Crippen molar-refractivity contribution in [1.82, 2.24) is 5.32 Å². The van der Waals surface area contributed by atoms with Crippen molar-refractivity contribution in [1.29, 1.82) is 0 Å². The van der Waals surface area contributed by atoms with Crippen LogP contribution in [0.1, 0.15) is 47.5 Å². The van der Waals surface area contributed by atoms with E-state index in [9.17, 15) is 0 Å². The van der Waals surface area contributed by atoms with Gasteiger partial charge in [0.2, 0.25) is 0 Å². The maximum atomic E-state index is 5.88. The molecule has 0 saturated carbocycles. The van der Waals surface area contributed by atoms with Crippen molar-refractivity contribution >= 4 is 0 Å². The Morgan fingerprint density at radius 3 is 2.19 bits per heavy atom. The molecule has 1 aromatic rings. The lowest BCUT2D eigenvalue weighted by Gasteiger charge is -2.31. The van der Waals surface area contributed by atoms with Crippen LogP contribution in [0.5, 0.6) is 11.5 Å². The van der Waals surface area contributed by atoms with Gasteiger partial charge in [0.05, 0.1) is 13.2 Å². The predicted molar refractivity (Wildman–Crippen MR) is 89.3 cm³/mol. The van der Waals surface area contributed by atoms with Crippen molar-refractivity contribution in [2.24, 2.45) is 5.41 Å². The molecule has 120 valence electrons. The topological polar surface area (TPSA) is 30.5 Å². The van der Waals surface area contributed by atoms with E-state index in [1.165, 1.54) is 0 Å². The van der Waals surface area contributed by atoms with Gasteiger partial charge >= 0.3 is 0 Å². The summed E-state index contributed by atoms with van der Waals surface area (Å²) in [5, 5.41) is 3.57. The average molecular weight is 293 g/mol. The smallest absolute Gasteiger partial charge is 0.161 e. The minimum Gasteiger partial charge on any atom is -0.490 e. The highest BCUT2D eigenvalue weighted by Crippen LogP contribution is 2.27. The van der Waals surface area contributed by atoms with Gasteiger partial charge < -0.3 is 14.8 Å². The lowest BCUT2D eigenvalue weighted by atomic mass is 9.84. The molecule has 21 heavy (non-hydrogen) atoms. The standard InChI is InChI=1S/C18H31NO2/c1-6-19-17(18(3,4)5)13-10-14-21-16-12-9-8-11-15(16)20-7-2/h8-9,11-12,17,19H,6-7,10,13-14H2,1-5H3. The molecule has 1 rings (SSSR count). The third-order valence-electron chi connectivity index (χ3n) is 3.54. The van der Waals surface area contributed by atoms with Gasteiger partial charge in [0.1, 0.15) is 0 Å². The molecule has 1 aromatic carbocycles. The lowest BCUT2D eigenvalue weighted by molar-refractivity contribution is 0.225. The summed E-state index contributed by atoms with van der Waals surface area (Å²) in [6.07, 6.45) is 2.16. The third-order valence-corrected chi connectivity index (χ3v) is 3.54. The maximum absolute atomic E-state index is 5.88. The molecular formula is C18H31NO2. The van der Waals surface area contributed by atoms with Crippen LogP contribution in [0.4, 0.5) is 0 Å².